The van der Waals surface area contributed by atoms with Crippen molar-refractivity contribution in [3.63, 3.8) is 0 Å². The largest absolute Gasteiger partial charge is 0.350 e. The molecule has 6 heteroatoms. The molecule has 4 nitrogen and oxygen atoms in total. The van der Waals surface area contributed by atoms with Crippen molar-refractivity contribution in [1.29, 1.82) is 0 Å². The quantitative estimate of drug-likeness (QED) is 0.942. The Labute approximate surface area is 111 Å². The van der Waals surface area contributed by atoms with Crippen LogP contribution in [0.1, 0.15) is 15.5 Å². The molecule has 2 rings (SSSR count). The molecule has 0 saturated heterocycles. The monoisotopic (exact) mass is 311 g/mol. The third kappa shape index (κ3) is 3.61. The van der Waals surface area contributed by atoms with Gasteiger partial charge in [0.15, 0.2) is 0 Å². The maximum Gasteiger partial charge on any atom is 0.269 e. The fourth-order valence-corrected chi connectivity index (χ4v) is 2.12. The lowest BCUT2D eigenvalue weighted by atomic mass is 10.3. The van der Waals surface area contributed by atoms with E-state index in [1.165, 1.54) is 0 Å². The topological polar surface area (TPSA) is 54.9 Å². The first kappa shape index (κ1) is 12.2. The zero-order chi connectivity index (χ0) is 12.1. The van der Waals surface area contributed by atoms with Crippen LogP contribution >= 0.6 is 27.3 Å². The van der Waals surface area contributed by atoms with E-state index in [0.29, 0.717) is 12.2 Å². The van der Waals surface area contributed by atoms with E-state index in [2.05, 4.69) is 31.2 Å². The summed E-state index contributed by atoms with van der Waals surface area (Å²) in [7, 11) is 0. The summed E-state index contributed by atoms with van der Waals surface area (Å²) in [5.74, 6) is -0.158. The van der Waals surface area contributed by atoms with Crippen LogP contribution in [0.15, 0.2) is 34.4 Å². The average Bonchev–Trinajstić information content (AvgIpc) is 2.83. The minimum atomic E-state index is -0.158. The Balaban J connectivity index is 1.83. The van der Waals surface area contributed by atoms with Crippen LogP contribution in [-0.2, 0) is 6.42 Å². The molecule has 0 unspecified atom stereocenters. The van der Waals surface area contributed by atoms with E-state index < -0.39 is 0 Å². The first-order valence-corrected chi connectivity index (χ1v) is 6.71. The Morgan fingerprint density at radius 3 is 2.94 bits per heavy atom. The lowest BCUT2D eigenvalue weighted by Crippen LogP contribution is -2.26. The Bertz CT molecular complexity index is 484. The van der Waals surface area contributed by atoms with Crippen molar-refractivity contribution < 1.29 is 4.79 Å². The minimum absolute atomic E-state index is 0.158. The number of amides is 1. The van der Waals surface area contributed by atoms with E-state index in [0.717, 1.165) is 15.9 Å². The predicted molar refractivity (Wildman–Crippen MR) is 70.1 cm³/mol. The van der Waals surface area contributed by atoms with Crippen LogP contribution in [0.25, 0.3) is 0 Å². The second-order valence-corrected chi connectivity index (χ2v) is 5.19. The number of nitrogens with zero attached hydrogens (tertiary/aromatic N) is 2. The van der Waals surface area contributed by atoms with Crippen LogP contribution in [0.3, 0.4) is 0 Å². The second-order valence-electron chi connectivity index (χ2n) is 3.29. The van der Waals surface area contributed by atoms with Gasteiger partial charge in [-0.1, -0.05) is 0 Å². The number of thiazole rings is 1. The van der Waals surface area contributed by atoms with E-state index >= 15 is 0 Å². The van der Waals surface area contributed by atoms with Crippen LogP contribution < -0.4 is 5.32 Å². The molecule has 0 aliphatic heterocycles. The number of nitrogens with one attached hydrogen (secondary N) is 1. The molecule has 0 aliphatic rings. The van der Waals surface area contributed by atoms with Crippen molar-refractivity contribution in [3.05, 3.63) is 45.1 Å². The summed E-state index contributed by atoms with van der Waals surface area (Å²) in [5.41, 5.74) is 0.423. The van der Waals surface area contributed by atoms with Crippen LogP contribution in [0.2, 0.25) is 0 Å². The SMILES string of the molecule is O=C(NCCc1nccs1)c1ccc(Br)cn1. The molecule has 1 N–H and O–H groups in total. The molecule has 1 amide bonds. The van der Waals surface area contributed by atoms with Gasteiger partial charge in [-0.3, -0.25) is 4.79 Å². The molecule has 0 radical (unpaired) electrons. The van der Waals surface area contributed by atoms with Gasteiger partial charge in [-0.25, -0.2) is 9.97 Å². The number of hydrogen-bond donors (Lipinski definition) is 1. The van der Waals surface area contributed by atoms with Gasteiger partial charge in [0.1, 0.15) is 5.69 Å². The smallest absolute Gasteiger partial charge is 0.269 e. The number of rotatable bonds is 4. The summed E-state index contributed by atoms with van der Waals surface area (Å²) in [5, 5.41) is 5.75. The molecule has 2 aromatic rings. The molecular formula is C11H10BrN3OS. The van der Waals surface area contributed by atoms with Crippen molar-refractivity contribution >= 4 is 33.2 Å². The number of carbonyl (C=O) groups excluding carboxylic acids is 1. The molecular weight excluding hydrogens is 302 g/mol. The maximum atomic E-state index is 11.7. The minimum Gasteiger partial charge on any atom is -0.350 e. The lowest BCUT2D eigenvalue weighted by molar-refractivity contribution is 0.0949. The highest BCUT2D eigenvalue weighted by Gasteiger charge is 2.06. The first-order chi connectivity index (χ1) is 8.25. The van der Waals surface area contributed by atoms with Crippen LogP contribution in [-0.4, -0.2) is 22.4 Å². The van der Waals surface area contributed by atoms with Gasteiger partial charge in [0.2, 0.25) is 0 Å². The molecule has 2 aromatic heterocycles. The molecule has 0 atom stereocenters. The van der Waals surface area contributed by atoms with Gasteiger partial charge < -0.3 is 5.32 Å². The molecule has 2 heterocycles. The van der Waals surface area contributed by atoms with Crippen LogP contribution in [0, 0.1) is 0 Å². The predicted octanol–water partition coefficient (Wildman–Crippen LogP) is 2.27. The fraction of sp³-hybridized carbons (Fsp3) is 0.182. The molecule has 0 spiro atoms. The summed E-state index contributed by atoms with van der Waals surface area (Å²) < 4.78 is 0.858. The van der Waals surface area contributed by atoms with Crippen molar-refractivity contribution in [1.82, 2.24) is 15.3 Å². The standard InChI is InChI=1S/C11H10BrN3OS/c12-8-1-2-9(15-7-8)11(16)14-4-3-10-13-5-6-17-10/h1-2,5-7H,3-4H2,(H,14,16). The summed E-state index contributed by atoms with van der Waals surface area (Å²) >= 11 is 4.86. The lowest BCUT2D eigenvalue weighted by Gasteiger charge is -2.03. The molecule has 0 aromatic carbocycles. The third-order valence-electron chi connectivity index (χ3n) is 2.07. The number of aromatic nitrogens is 2. The normalized spacial score (nSPS) is 10.2. The second kappa shape index (κ2) is 5.88. The highest BCUT2D eigenvalue weighted by atomic mass is 79.9. The Kier molecular flexibility index (Phi) is 4.22. The zero-order valence-electron chi connectivity index (χ0n) is 8.89. The maximum absolute atomic E-state index is 11.7. The zero-order valence-corrected chi connectivity index (χ0v) is 11.3. The Morgan fingerprint density at radius 2 is 2.29 bits per heavy atom. The summed E-state index contributed by atoms with van der Waals surface area (Å²) in [6.45, 7) is 0.574. The summed E-state index contributed by atoms with van der Waals surface area (Å²) in [6, 6.07) is 3.48. The van der Waals surface area contributed by atoms with E-state index in [4.69, 9.17) is 0 Å². The molecule has 17 heavy (non-hydrogen) atoms. The van der Waals surface area contributed by atoms with Crippen LogP contribution in [0.4, 0.5) is 0 Å². The van der Waals surface area contributed by atoms with Crippen LogP contribution in [0.5, 0.6) is 0 Å². The van der Waals surface area contributed by atoms with E-state index in [1.54, 1.807) is 35.9 Å². The number of halogens is 1. The Hall–Kier alpha value is -1.27. The number of carbonyl (C=O) groups is 1. The van der Waals surface area contributed by atoms with Gasteiger partial charge in [0, 0.05) is 35.2 Å². The third-order valence-corrected chi connectivity index (χ3v) is 3.38. The van der Waals surface area contributed by atoms with Gasteiger partial charge in [-0.15, -0.1) is 11.3 Å². The average molecular weight is 312 g/mol. The molecule has 0 bridgehead atoms. The van der Waals surface area contributed by atoms with Gasteiger partial charge in [-0.2, -0.15) is 0 Å². The highest BCUT2D eigenvalue weighted by molar-refractivity contribution is 9.10. The van der Waals surface area contributed by atoms with Gasteiger partial charge in [0.05, 0.1) is 5.01 Å². The van der Waals surface area contributed by atoms with E-state index in [9.17, 15) is 4.79 Å². The van der Waals surface area contributed by atoms with E-state index in [-0.39, 0.29) is 5.91 Å². The van der Waals surface area contributed by atoms with Gasteiger partial charge in [0.25, 0.3) is 5.91 Å². The highest BCUT2D eigenvalue weighted by Crippen LogP contribution is 2.07. The first-order valence-electron chi connectivity index (χ1n) is 5.04. The Morgan fingerprint density at radius 1 is 1.41 bits per heavy atom. The molecule has 0 aliphatic carbocycles. The molecule has 0 saturated carbocycles. The van der Waals surface area contributed by atoms with Crippen molar-refractivity contribution in [2.24, 2.45) is 0 Å². The summed E-state index contributed by atoms with van der Waals surface area (Å²) in [6.07, 6.45) is 4.12. The van der Waals surface area contributed by atoms with Gasteiger partial charge >= 0.3 is 0 Å². The van der Waals surface area contributed by atoms with E-state index in [1.807, 2.05) is 5.38 Å². The van der Waals surface area contributed by atoms with Crippen molar-refractivity contribution in [2.75, 3.05) is 6.54 Å². The summed E-state index contributed by atoms with van der Waals surface area (Å²) in [4.78, 5) is 19.8. The fourth-order valence-electron chi connectivity index (χ4n) is 1.26. The number of hydrogen-bond acceptors (Lipinski definition) is 4. The van der Waals surface area contributed by atoms with Gasteiger partial charge in [-0.05, 0) is 28.1 Å². The molecule has 0 fully saturated rings. The molecule has 88 valence electrons. The van der Waals surface area contributed by atoms with Crippen molar-refractivity contribution in [3.8, 4) is 0 Å². The van der Waals surface area contributed by atoms with Crippen molar-refractivity contribution in [2.45, 2.75) is 6.42 Å². The number of pyridine rings is 1.